The molecule has 3 aliphatic heterocycles. The molecule has 228 valence electrons. The number of fused-ring (bicyclic) bond motifs is 2. The molecule has 1 unspecified atom stereocenters. The van der Waals surface area contributed by atoms with Crippen molar-refractivity contribution in [2.75, 3.05) is 41.2 Å². The topological polar surface area (TPSA) is 102 Å². The van der Waals surface area contributed by atoms with E-state index in [1.54, 1.807) is 6.07 Å². The van der Waals surface area contributed by atoms with Crippen LogP contribution in [0.1, 0.15) is 46.7 Å². The number of hydrogen-bond acceptors (Lipinski definition) is 8. The zero-order chi connectivity index (χ0) is 30.1. The van der Waals surface area contributed by atoms with Crippen molar-refractivity contribution < 1.29 is 32.9 Å². The average molecular weight is 673 g/mol. The molecule has 3 aromatic rings. The molecule has 1 fully saturated rings. The van der Waals surface area contributed by atoms with Crippen LogP contribution < -0.4 is 14.2 Å². The Morgan fingerprint density at radius 2 is 1.70 bits per heavy atom. The number of benzene rings is 3. The molecule has 3 aromatic carbocycles. The van der Waals surface area contributed by atoms with Gasteiger partial charge in [-0.3, -0.25) is 13.9 Å². The summed E-state index contributed by atoms with van der Waals surface area (Å²) >= 11 is 3.71. The van der Waals surface area contributed by atoms with E-state index in [4.69, 9.17) is 23.3 Å². The van der Waals surface area contributed by atoms with Crippen LogP contribution in [-0.2, 0) is 33.1 Å². The summed E-state index contributed by atoms with van der Waals surface area (Å²) in [5.74, 6) is 2.22. The smallest absolute Gasteiger partial charge is 0.454 e. The predicted molar refractivity (Wildman–Crippen MR) is 166 cm³/mol. The first-order valence-electron chi connectivity index (χ1n) is 14.2. The van der Waals surface area contributed by atoms with Crippen LogP contribution in [0, 0.1) is 0 Å². The Balaban J connectivity index is 1.49. The number of hydrogen-bond donors (Lipinski definition) is 1. The Morgan fingerprint density at radius 3 is 2.37 bits per heavy atom. The summed E-state index contributed by atoms with van der Waals surface area (Å²) in [4.78, 5) is 4.57. The van der Waals surface area contributed by atoms with Gasteiger partial charge in [-0.1, -0.05) is 40.2 Å². The van der Waals surface area contributed by atoms with Crippen molar-refractivity contribution in [2.45, 2.75) is 38.4 Å². The number of amidine groups is 1. The number of phenolic OH excluding ortho intramolecular Hbond substituents is 1. The molecular weight excluding hydrogens is 637 g/mol. The molecule has 3 heterocycles. The Bertz CT molecular complexity index is 1570. The second-order valence-electron chi connectivity index (χ2n) is 10.8. The zero-order valence-electron chi connectivity index (χ0n) is 24.4. The average Bonchev–Trinajstić information content (AvgIpc) is 3.70. The van der Waals surface area contributed by atoms with Crippen LogP contribution in [0.5, 0.6) is 23.0 Å². The van der Waals surface area contributed by atoms with Crippen molar-refractivity contribution in [1.82, 2.24) is 9.80 Å². The molecule has 3 aliphatic rings. The zero-order valence-corrected chi connectivity index (χ0v) is 26.9. The van der Waals surface area contributed by atoms with Crippen LogP contribution in [0.2, 0.25) is 0 Å². The van der Waals surface area contributed by atoms with Crippen LogP contribution in [0.25, 0.3) is 0 Å². The molecule has 1 N–H and O–H groups in total. The predicted octanol–water partition coefficient (Wildman–Crippen LogP) is 6.43. The van der Waals surface area contributed by atoms with Crippen LogP contribution >= 0.6 is 23.7 Å². The fourth-order valence-electron chi connectivity index (χ4n) is 5.99. The van der Waals surface area contributed by atoms with Gasteiger partial charge < -0.3 is 24.2 Å². The maximum absolute atomic E-state index is 13.4. The highest BCUT2D eigenvalue weighted by atomic mass is 79.9. The molecule has 0 radical (unpaired) electrons. The van der Waals surface area contributed by atoms with Gasteiger partial charge in [0, 0.05) is 38.2 Å². The normalized spacial score (nSPS) is 19.2. The molecule has 12 heteroatoms. The van der Waals surface area contributed by atoms with Crippen LogP contribution in [0.15, 0.2) is 57.8 Å². The molecular formula is C31H35BrN3O7P. The molecule has 6 rings (SSSR count). The summed E-state index contributed by atoms with van der Waals surface area (Å²) in [6.07, 6.45) is 2.77. The molecule has 10 nitrogen and oxygen atoms in total. The van der Waals surface area contributed by atoms with Crippen molar-refractivity contribution in [2.24, 2.45) is 4.76 Å². The van der Waals surface area contributed by atoms with Crippen LogP contribution in [0.4, 0.5) is 0 Å². The van der Waals surface area contributed by atoms with Crippen LogP contribution in [0.3, 0.4) is 0 Å². The van der Waals surface area contributed by atoms with Gasteiger partial charge in [-0.25, -0.2) is 4.57 Å². The maximum atomic E-state index is 13.4. The summed E-state index contributed by atoms with van der Waals surface area (Å²) in [6.45, 7) is 3.70. The summed E-state index contributed by atoms with van der Waals surface area (Å²) in [6, 6.07) is 15.6. The Kier molecular flexibility index (Phi) is 8.71. The summed E-state index contributed by atoms with van der Waals surface area (Å²) in [5, 5.41) is 10.7. The molecule has 0 saturated carbocycles. The molecule has 0 bridgehead atoms. The third kappa shape index (κ3) is 6.14. The Morgan fingerprint density at radius 1 is 1.00 bits per heavy atom. The number of methoxy groups -OCH3 is 1. The molecule has 0 amide bonds. The number of nitrogens with zero attached hydrogens (tertiary/aromatic N) is 3. The highest BCUT2D eigenvalue weighted by molar-refractivity contribution is 9.10. The molecule has 1 saturated heterocycles. The Hall–Kier alpha value is -3.08. The van der Waals surface area contributed by atoms with Gasteiger partial charge in [-0.15, -0.1) is 0 Å². The fourth-order valence-corrected chi connectivity index (χ4v) is 7.22. The highest BCUT2D eigenvalue weighted by Crippen LogP contribution is 2.51. The lowest BCUT2D eigenvalue weighted by molar-refractivity contribution is 0.174. The van der Waals surface area contributed by atoms with Crippen molar-refractivity contribution in [3.63, 3.8) is 0 Å². The van der Waals surface area contributed by atoms with Gasteiger partial charge in [0.1, 0.15) is 5.84 Å². The fraction of sp³-hybridized carbons (Fsp3) is 0.387. The molecule has 0 aliphatic carbocycles. The minimum atomic E-state index is -3.80. The van der Waals surface area contributed by atoms with Gasteiger partial charge in [0.15, 0.2) is 23.0 Å². The second-order valence-corrected chi connectivity index (χ2v) is 13.5. The standard InChI is InChI=1S/C31H35BrN3O7P/c1-38-27-15-24-22(12-26(27)36)14-30(33-43(37,39-2)40-3)35(18-23-13-28-29(16-25(23)32)42-19-41-28)31(24)21-8-6-20(7-9-21)17-34-10-4-5-11-34/h6-9,12-13,15-16,31,36H,4-5,10-11,14,17-19H2,1-3H3/b33-30-. The van der Waals surface area contributed by atoms with Crippen molar-refractivity contribution in [3.8, 4) is 23.0 Å². The molecule has 43 heavy (non-hydrogen) atoms. The van der Waals surface area contributed by atoms with Crippen LogP contribution in [-0.4, -0.2) is 62.0 Å². The van der Waals surface area contributed by atoms with Gasteiger partial charge in [0.25, 0.3) is 0 Å². The third-order valence-electron chi connectivity index (χ3n) is 8.21. The summed E-state index contributed by atoms with van der Waals surface area (Å²) < 4.78 is 46.1. The van der Waals surface area contributed by atoms with E-state index < -0.39 is 7.75 Å². The first kappa shape index (κ1) is 30.0. The van der Waals surface area contributed by atoms with E-state index in [9.17, 15) is 9.67 Å². The van der Waals surface area contributed by atoms with E-state index in [1.165, 1.54) is 39.7 Å². The lowest BCUT2D eigenvalue weighted by Gasteiger charge is -2.41. The molecule has 1 atom stereocenters. The minimum Gasteiger partial charge on any atom is -0.504 e. The van der Waals surface area contributed by atoms with Crippen molar-refractivity contribution in [1.29, 1.82) is 0 Å². The van der Waals surface area contributed by atoms with Gasteiger partial charge in [0.2, 0.25) is 6.79 Å². The number of ether oxygens (including phenoxy) is 3. The van der Waals surface area contributed by atoms with Gasteiger partial charge in [-0.2, -0.15) is 4.76 Å². The molecule has 0 aromatic heterocycles. The van der Waals surface area contributed by atoms with E-state index in [-0.39, 0.29) is 25.0 Å². The quantitative estimate of drug-likeness (QED) is 0.258. The largest absolute Gasteiger partial charge is 0.504 e. The first-order valence-corrected chi connectivity index (χ1v) is 16.5. The van der Waals surface area contributed by atoms with Crippen molar-refractivity contribution in [3.05, 3.63) is 80.8 Å². The number of rotatable bonds is 9. The minimum absolute atomic E-state index is 0.0222. The first-order chi connectivity index (χ1) is 20.8. The van der Waals surface area contributed by atoms with E-state index in [1.807, 2.05) is 18.2 Å². The maximum Gasteiger partial charge on any atom is 0.454 e. The summed E-state index contributed by atoms with van der Waals surface area (Å²) in [5.41, 5.74) is 4.96. The van der Waals surface area contributed by atoms with E-state index >= 15 is 0 Å². The lowest BCUT2D eigenvalue weighted by atomic mass is 9.86. The monoisotopic (exact) mass is 671 g/mol. The second kappa shape index (κ2) is 12.5. The molecule has 0 spiro atoms. The SMILES string of the molecule is COc1cc2c(cc1O)C/C(=N/P(=O)(OC)OC)N(Cc1cc3c(cc1Br)OCO3)C2c1ccc(CN2CCCC2)cc1. The number of phenols is 1. The van der Waals surface area contributed by atoms with Gasteiger partial charge in [0.05, 0.1) is 13.2 Å². The van der Waals surface area contributed by atoms with Gasteiger partial charge in [-0.05, 0) is 78.0 Å². The van der Waals surface area contributed by atoms with Crippen molar-refractivity contribution >= 4 is 29.5 Å². The van der Waals surface area contributed by atoms with E-state index in [0.717, 1.165) is 46.4 Å². The van der Waals surface area contributed by atoms with E-state index in [2.05, 4.69) is 54.8 Å². The summed E-state index contributed by atoms with van der Waals surface area (Å²) in [7, 11) is 0.367. The highest BCUT2D eigenvalue weighted by Gasteiger charge is 2.36. The van der Waals surface area contributed by atoms with E-state index in [0.29, 0.717) is 29.6 Å². The number of aromatic hydroxyl groups is 1. The Labute approximate surface area is 259 Å². The van der Waals surface area contributed by atoms with Gasteiger partial charge >= 0.3 is 7.75 Å². The lowest BCUT2D eigenvalue weighted by Crippen LogP contribution is -2.40. The number of likely N-dealkylation sites (tertiary alicyclic amines) is 1. The number of halogens is 1. The third-order valence-corrected chi connectivity index (χ3v) is 10.3.